The Morgan fingerprint density at radius 2 is 1.02 bits per heavy atom. The maximum atomic E-state index is 12.7. The van der Waals surface area contributed by atoms with E-state index in [1.54, 1.807) is 23.0 Å². The number of aromatic nitrogens is 6. The molecular formula is C37H41F3N6O9. The lowest BCUT2D eigenvalue weighted by molar-refractivity contribution is -0.137. The van der Waals surface area contributed by atoms with Crippen LogP contribution in [0.15, 0.2) is 87.6 Å². The third-order valence-corrected chi connectivity index (χ3v) is 8.34. The van der Waals surface area contributed by atoms with E-state index in [0.29, 0.717) is 17.2 Å². The van der Waals surface area contributed by atoms with Crippen molar-refractivity contribution in [2.24, 2.45) is 0 Å². The number of alkyl halides is 3. The Bertz CT molecular complexity index is 2200. The zero-order valence-corrected chi connectivity index (χ0v) is 31.0. The summed E-state index contributed by atoms with van der Waals surface area (Å²) in [6, 6.07) is 13.6. The highest BCUT2D eigenvalue weighted by Crippen LogP contribution is 2.31. The van der Waals surface area contributed by atoms with E-state index < -0.39 is 17.3 Å². The van der Waals surface area contributed by atoms with Gasteiger partial charge in [0.15, 0.2) is 17.2 Å². The quantitative estimate of drug-likeness (QED) is 0.191. The van der Waals surface area contributed by atoms with E-state index in [1.807, 2.05) is 18.2 Å². The molecule has 3 aromatic heterocycles. The van der Waals surface area contributed by atoms with E-state index in [2.05, 4.69) is 15.3 Å². The predicted molar refractivity (Wildman–Crippen MR) is 195 cm³/mol. The highest BCUT2D eigenvalue weighted by molar-refractivity contribution is 5.42. The summed E-state index contributed by atoms with van der Waals surface area (Å²) in [5.74, 6) is 1.07. The summed E-state index contributed by atoms with van der Waals surface area (Å²) in [6.45, 7) is 0. The summed E-state index contributed by atoms with van der Waals surface area (Å²) in [5.41, 5.74) is -1.47. The molecule has 1 saturated carbocycles. The molecule has 18 heteroatoms. The predicted octanol–water partition coefficient (Wildman–Crippen LogP) is 5.28. The van der Waals surface area contributed by atoms with E-state index in [4.69, 9.17) is 28.4 Å². The third-order valence-electron chi connectivity index (χ3n) is 8.34. The molecule has 2 aromatic carbocycles. The number of ether oxygens (including phenoxy) is 6. The van der Waals surface area contributed by atoms with Gasteiger partial charge in [-0.2, -0.15) is 37.8 Å². The summed E-state index contributed by atoms with van der Waals surface area (Å²) in [7, 11) is 8.46. The van der Waals surface area contributed by atoms with Crippen molar-refractivity contribution >= 4 is 0 Å². The first kappa shape index (κ1) is 41.4. The SMILES string of the molecule is COc1cnn(-c2cccc(C(F)(F)F)c2)c(=O)c1OC.COc1cnn(-c2ccccc2)c(=O)c1OC.COc1cnn(C2CCCCC2)c(=O)c1OC. The zero-order chi connectivity index (χ0) is 40.1. The molecule has 55 heavy (non-hydrogen) atoms. The van der Waals surface area contributed by atoms with Crippen molar-refractivity contribution in [2.75, 3.05) is 42.7 Å². The van der Waals surface area contributed by atoms with Crippen LogP contribution in [0, 0.1) is 0 Å². The van der Waals surface area contributed by atoms with Crippen LogP contribution in [0.5, 0.6) is 34.5 Å². The second-order valence-electron chi connectivity index (χ2n) is 11.6. The number of hydrogen-bond acceptors (Lipinski definition) is 12. The first-order valence-electron chi connectivity index (χ1n) is 16.8. The van der Waals surface area contributed by atoms with E-state index in [-0.39, 0.29) is 45.8 Å². The van der Waals surface area contributed by atoms with Crippen molar-refractivity contribution in [3.05, 3.63) is 110 Å². The van der Waals surface area contributed by atoms with E-state index >= 15 is 0 Å². The maximum absolute atomic E-state index is 12.7. The van der Waals surface area contributed by atoms with Crippen LogP contribution in [0.1, 0.15) is 43.7 Å². The number of methoxy groups -OCH3 is 6. The summed E-state index contributed by atoms with van der Waals surface area (Å²) in [4.78, 5) is 36.4. The average molecular weight is 771 g/mol. The van der Waals surface area contributed by atoms with Gasteiger partial charge in [0.25, 0.3) is 0 Å². The Morgan fingerprint density at radius 1 is 0.564 bits per heavy atom. The van der Waals surface area contributed by atoms with Gasteiger partial charge in [-0.3, -0.25) is 14.4 Å². The molecule has 0 spiro atoms. The minimum atomic E-state index is -4.50. The molecule has 6 rings (SSSR count). The molecule has 1 fully saturated rings. The van der Waals surface area contributed by atoms with Crippen molar-refractivity contribution < 1.29 is 41.6 Å². The van der Waals surface area contributed by atoms with Gasteiger partial charge in [-0.15, -0.1) is 0 Å². The Morgan fingerprint density at radius 3 is 1.49 bits per heavy atom. The average Bonchev–Trinajstić information content (AvgIpc) is 3.21. The molecular weight excluding hydrogens is 729 g/mol. The van der Waals surface area contributed by atoms with E-state index in [1.165, 1.54) is 78.3 Å². The number of nitrogens with zero attached hydrogens (tertiary/aromatic N) is 6. The van der Waals surface area contributed by atoms with Gasteiger partial charge in [-0.25, -0.2) is 4.68 Å². The molecule has 0 N–H and O–H groups in total. The fourth-order valence-electron chi connectivity index (χ4n) is 5.62. The molecule has 0 radical (unpaired) electrons. The highest BCUT2D eigenvalue weighted by Gasteiger charge is 2.31. The van der Waals surface area contributed by atoms with Crippen LogP contribution >= 0.6 is 0 Å². The smallest absolute Gasteiger partial charge is 0.416 e. The van der Waals surface area contributed by atoms with Crippen LogP contribution in [-0.4, -0.2) is 72.0 Å². The number of para-hydroxylation sites is 1. The standard InChI is InChI=1S/C13H11F3N2O3.C12H18N2O3.C12H12N2O3/c1-20-10-7-17-18(12(19)11(10)21-2)9-5-3-4-8(6-9)13(14,15)16;2*1-16-10-8-13-14(12(15)11(10)17-2)9-6-4-3-5-7-9/h3-7H,1-2H3;8-9H,3-7H2,1-2H3;3-8H,1-2H3. The van der Waals surface area contributed by atoms with E-state index in [0.717, 1.165) is 42.5 Å². The van der Waals surface area contributed by atoms with Gasteiger partial charge in [-0.1, -0.05) is 43.5 Å². The monoisotopic (exact) mass is 770 g/mol. The van der Waals surface area contributed by atoms with Crippen molar-refractivity contribution in [2.45, 2.75) is 44.3 Å². The second kappa shape index (κ2) is 19.1. The third kappa shape index (κ3) is 9.81. The lowest BCUT2D eigenvalue weighted by atomic mass is 9.96. The van der Waals surface area contributed by atoms with Crippen LogP contribution in [0.3, 0.4) is 0 Å². The van der Waals surface area contributed by atoms with Crippen molar-refractivity contribution in [3.8, 4) is 45.9 Å². The number of hydrogen-bond donors (Lipinski definition) is 0. The molecule has 0 atom stereocenters. The highest BCUT2D eigenvalue weighted by atomic mass is 19.4. The van der Waals surface area contributed by atoms with Gasteiger partial charge in [0.05, 0.1) is 84.2 Å². The van der Waals surface area contributed by atoms with Gasteiger partial charge in [0.1, 0.15) is 0 Å². The lowest BCUT2D eigenvalue weighted by Gasteiger charge is -2.23. The molecule has 1 aliphatic carbocycles. The Kier molecular flexibility index (Phi) is 14.4. The minimum Gasteiger partial charge on any atom is -0.491 e. The lowest BCUT2D eigenvalue weighted by Crippen LogP contribution is -2.29. The number of halogens is 3. The molecule has 15 nitrogen and oxygen atoms in total. The topological polar surface area (TPSA) is 160 Å². The molecule has 0 aliphatic heterocycles. The summed E-state index contributed by atoms with van der Waals surface area (Å²) in [5, 5.41) is 12.0. The molecule has 1 aliphatic rings. The summed E-state index contributed by atoms with van der Waals surface area (Å²) < 4.78 is 71.7. The number of rotatable bonds is 9. The first-order valence-corrected chi connectivity index (χ1v) is 16.8. The molecule has 0 saturated heterocycles. The fraction of sp³-hybridized carbons (Fsp3) is 0.351. The van der Waals surface area contributed by atoms with Gasteiger partial charge < -0.3 is 28.4 Å². The molecule has 294 valence electrons. The van der Waals surface area contributed by atoms with Crippen LogP contribution in [0.4, 0.5) is 13.2 Å². The Labute approximate surface area is 313 Å². The minimum absolute atomic E-state index is 0.0178. The van der Waals surface area contributed by atoms with Crippen LogP contribution in [0.2, 0.25) is 0 Å². The summed E-state index contributed by atoms with van der Waals surface area (Å²) in [6.07, 6.45) is 5.29. The Balaban J connectivity index is 0.000000185. The first-order chi connectivity index (χ1) is 26.4. The number of benzene rings is 2. The van der Waals surface area contributed by atoms with Gasteiger partial charge in [0.2, 0.25) is 17.2 Å². The van der Waals surface area contributed by atoms with Crippen LogP contribution < -0.4 is 45.1 Å². The van der Waals surface area contributed by atoms with Crippen molar-refractivity contribution in [3.63, 3.8) is 0 Å². The second-order valence-corrected chi connectivity index (χ2v) is 11.6. The largest absolute Gasteiger partial charge is 0.491 e. The van der Waals surface area contributed by atoms with Crippen molar-refractivity contribution in [1.82, 2.24) is 29.3 Å². The molecule has 5 aromatic rings. The van der Waals surface area contributed by atoms with Crippen LogP contribution in [-0.2, 0) is 6.18 Å². The molecule has 0 amide bonds. The molecule has 0 unspecified atom stereocenters. The van der Waals surface area contributed by atoms with Crippen LogP contribution in [0.25, 0.3) is 11.4 Å². The summed E-state index contributed by atoms with van der Waals surface area (Å²) >= 11 is 0. The van der Waals surface area contributed by atoms with Crippen molar-refractivity contribution in [1.29, 1.82) is 0 Å². The zero-order valence-electron chi connectivity index (χ0n) is 31.0. The maximum Gasteiger partial charge on any atom is 0.416 e. The molecule has 3 heterocycles. The molecule has 0 bridgehead atoms. The van der Waals surface area contributed by atoms with E-state index in [9.17, 15) is 27.6 Å². The van der Waals surface area contributed by atoms with Gasteiger partial charge >= 0.3 is 22.9 Å². The normalized spacial score (nSPS) is 12.6. The Hall–Kier alpha value is -6.33. The fourth-order valence-corrected chi connectivity index (χ4v) is 5.62. The van der Waals surface area contributed by atoms with Gasteiger partial charge in [0, 0.05) is 0 Å². The van der Waals surface area contributed by atoms with Gasteiger partial charge in [-0.05, 0) is 43.2 Å².